The molecule has 0 aliphatic rings. The Morgan fingerprint density at radius 1 is 1.56 bits per heavy atom. The zero-order valence-electron chi connectivity index (χ0n) is 9.55. The average molecular weight is 227 g/mol. The Bertz CT molecular complexity index is 438. The number of methoxy groups -OCH3 is 1. The zero-order chi connectivity index (χ0) is 12.5. The van der Waals surface area contributed by atoms with Gasteiger partial charge in [0.2, 0.25) is 0 Å². The summed E-state index contributed by atoms with van der Waals surface area (Å²) >= 11 is 0. The Kier molecular flexibility index (Phi) is 3.26. The van der Waals surface area contributed by atoms with Gasteiger partial charge >= 0.3 is 11.7 Å². The monoisotopic (exact) mass is 227 g/mol. The van der Waals surface area contributed by atoms with Gasteiger partial charge in [-0.2, -0.15) is 5.10 Å². The summed E-state index contributed by atoms with van der Waals surface area (Å²) in [4.78, 5) is 21.6. The third-order valence-corrected chi connectivity index (χ3v) is 2.38. The van der Waals surface area contributed by atoms with Gasteiger partial charge in [0, 0.05) is 0 Å². The molecule has 0 amide bonds. The van der Waals surface area contributed by atoms with Gasteiger partial charge in [-0.1, -0.05) is 0 Å². The van der Waals surface area contributed by atoms with E-state index in [9.17, 15) is 14.9 Å². The van der Waals surface area contributed by atoms with E-state index >= 15 is 0 Å². The van der Waals surface area contributed by atoms with Crippen LogP contribution in [0.3, 0.4) is 0 Å². The number of nitro groups is 1. The molecule has 0 fully saturated rings. The lowest BCUT2D eigenvalue weighted by Crippen LogP contribution is -2.20. The fourth-order valence-corrected chi connectivity index (χ4v) is 1.57. The van der Waals surface area contributed by atoms with Gasteiger partial charge in [0.15, 0.2) is 0 Å². The first-order chi connectivity index (χ1) is 7.40. The molecule has 1 heterocycles. The molecule has 0 aliphatic heterocycles. The molecule has 1 atom stereocenters. The Morgan fingerprint density at radius 2 is 2.12 bits per heavy atom. The lowest BCUT2D eigenvalue weighted by molar-refractivity contribution is -0.386. The lowest BCUT2D eigenvalue weighted by Gasteiger charge is -2.10. The molecule has 1 aromatic rings. The van der Waals surface area contributed by atoms with Crippen molar-refractivity contribution in [3.8, 4) is 0 Å². The standard InChI is InChI=1S/C9H13N3O4/c1-5-8(12(14)15)6(2)11(10-5)7(3)9(13)16-4/h7H,1-4H3/t7-/m0/s1. The molecule has 16 heavy (non-hydrogen) atoms. The third-order valence-electron chi connectivity index (χ3n) is 2.38. The van der Waals surface area contributed by atoms with E-state index in [1.54, 1.807) is 13.8 Å². The van der Waals surface area contributed by atoms with Crippen molar-refractivity contribution in [2.45, 2.75) is 26.8 Å². The number of ether oxygens (including phenoxy) is 1. The van der Waals surface area contributed by atoms with E-state index in [4.69, 9.17) is 0 Å². The molecule has 0 aliphatic carbocycles. The normalized spacial score (nSPS) is 12.2. The first-order valence-electron chi connectivity index (χ1n) is 4.68. The average Bonchev–Trinajstić information content (AvgIpc) is 2.51. The van der Waals surface area contributed by atoms with Gasteiger partial charge in [-0.05, 0) is 20.8 Å². The number of carbonyl (C=O) groups excluding carboxylic acids is 1. The third kappa shape index (κ3) is 1.88. The molecule has 0 bridgehead atoms. The summed E-state index contributed by atoms with van der Waals surface area (Å²) in [5, 5.41) is 14.7. The topological polar surface area (TPSA) is 87.3 Å². The minimum absolute atomic E-state index is 0.0595. The molecule has 1 aromatic heterocycles. The van der Waals surface area contributed by atoms with Crippen LogP contribution in [0.15, 0.2) is 0 Å². The van der Waals surface area contributed by atoms with Crippen LogP contribution in [-0.2, 0) is 9.53 Å². The zero-order valence-corrected chi connectivity index (χ0v) is 9.55. The minimum Gasteiger partial charge on any atom is -0.467 e. The van der Waals surface area contributed by atoms with Crippen LogP contribution in [0.5, 0.6) is 0 Å². The molecule has 0 spiro atoms. The Hall–Kier alpha value is -1.92. The first kappa shape index (κ1) is 12.2. The van der Waals surface area contributed by atoms with Crippen molar-refractivity contribution in [1.82, 2.24) is 9.78 Å². The van der Waals surface area contributed by atoms with Crippen molar-refractivity contribution >= 4 is 11.7 Å². The Labute approximate surface area is 92.2 Å². The number of carbonyl (C=O) groups is 1. The Morgan fingerprint density at radius 3 is 2.50 bits per heavy atom. The number of esters is 1. The van der Waals surface area contributed by atoms with Gasteiger partial charge in [0.05, 0.1) is 12.0 Å². The van der Waals surface area contributed by atoms with Crippen molar-refractivity contribution in [3.63, 3.8) is 0 Å². The highest BCUT2D eigenvalue weighted by atomic mass is 16.6. The van der Waals surface area contributed by atoms with Crippen LogP contribution >= 0.6 is 0 Å². The van der Waals surface area contributed by atoms with Gasteiger partial charge in [0.1, 0.15) is 17.4 Å². The van der Waals surface area contributed by atoms with Crippen molar-refractivity contribution in [1.29, 1.82) is 0 Å². The van der Waals surface area contributed by atoms with Crippen molar-refractivity contribution in [2.24, 2.45) is 0 Å². The van der Waals surface area contributed by atoms with Crippen molar-refractivity contribution in [2.75, 3.05) is 7.11 Å². The molecule has 0 aromatic carbocycles. The molecular formula is C9H13N3O4. The van der Waals surface area contributed by atoms with Gasteiger partial charge in [0.25, 0.3) is 0 Å². The molecular weight excluding hydrogens is 214 g/mol. The summed E-state index contributed by atoms with van der Waals surface area (Å²) < 4.78 is 5.87. The van der Waals surface area contributed by atoms with Crippen LogP contribution in [0.2, 0.25) is 0 Å². The summed E-state index contributed by atoms with van der Waals surface area (Å²) in [6, 6.07) is -0.669. The van der Waals surface area contributed by atoms with Gasteiger partial charge in [-0.3, -0.25) is 10.1 Å². The van der Waals surface area contributed by atoms with Crippen molar-refractivity contribution < 1.29 is 14.5 Å². The van der Waals surface area contributed by atoms with Crippen LogP contribution in [0.25, 0.3) is 0 Å². The van der Waals surface area contributed by atoms with E-state index in [0.29, 0.717) is 11.4 Å². The van der Waals surface area contributed by atoms with E-state index in [2.05, 4.69) is 9.84 Å². The second-order valence-electron chi connectivity index (χ2n) is 3.42. The van der Waals surface area contributed by atoms with Gasteiger partial charge in [-0.15, -0.1) is 0 Å². The van der Waals surface area contributed by atoms with Crippen LogP contribution in [0.4, 0.5) is 5.69 Å². The molecule has 7 nitrogen and oxygen atoms in total. The molecule has 0 unspecified atom stereocenters. The highest BCUT2D eigenvalue weighted by molar-refractivity contribution is 5.73. The summed E-state index contributed by atoms with van der Waals surface area (Å²) in [6.07, 6.45) is 0. The number of nitrogens with zero attached hydrogens (tertiary/aromatic N) is 3. The minimum atomic E-state index is -0.669. The number of hydrogen-bond donors (Lipinski definition) is 0. The van der Waals surface area contributed by atoms with E-state index < -0.39 is 16.9 Å². The number of hydrogen-bond acceptors (Lipinski definition) is 5. The maximum Gasteiger partial charge on any atom is 0.330 e. The fraction of sp³-hybridized carbons (Fsp3) is 0.556. The predicted octanol–water partition coefficient (Wildman–Crippen LogP) is 1.14. The second kappa shape index (κ2) is 4.30. The predicted molar refractivity (Wildman–Crippen MR) is 55.1 cm³/mol. The number of aryl methyl sites for hydroxylation is 1. The summed E-state index contributed by atoms with van der Waals surface area (Å²) in [7, 11) is 1.26. The molecule has 0 saturated heterocycles. The van der Waals surface area contributed by atoms with Gasteiger partial charge in [-0.25, -0.2) is 9.48 Å². The van der Waals surface area contributed by atoms with Crippen LogP contribution in [0.1, 0.15) is 24.4 Å². The summed E-state index contributed by atoms with van der Waals surface area (Å²) in [5.74, 6) is -0.486. The highest BCUT2D eigenvalue weighted by Gasteiger charge is 2.27. The molecule has 7 heteroatoms. The quantitative estimate of drug-likeness (QED) is 0.439. The van der Waals surface area contributed by atoms with Crippen LogP contribution in [0, 0.1) is 24.0 Å². The first-order valence-corrected chi connectivity index (χ1v) is 4.68. The molecule has 0 N–H and O–H groups in total. The SMILES string of the molecule is COC(=O)[C@H](C)n1nc(C)c([N+](=O)[O-])c1C. The molecule has 0 radical (unpaired) electrons. The largest absolute Gasteiger partial charge is 0.467 e. The molecule has 88 valence electrons. The van der Waals surface area contributed by atoms with Crippen LogP contribution in [-0.4, -0.2) is 27.8 Å². The molecule has 1 rings (SSSR count). The van der Waals surface area contributed by atoms with Crippen molar-refractivity contribution in [3.05, 3.63) is 21.5 Å². The number of aromatic nitrogens is 2. The highest BCUT2D eigenvalue weighted by Crippen LogP contribution is 2.24. The molecule has 0 saturated carbocycles. The lowest BCUT2D eigenvalue weighted by atomic mass is 10.3. The second-order valence-corrected chi connectivity index (χ2v) is 3.42. The van der Waals surface area contributed by atoms with Crippen LogP contribution < -0.4 is 0 Å². The van der Waals surface area contributed by atoms with Gasteiger partial charge < -0.3 is 4.74 Å². The van der Waals surface area contributed by atoms with E-state index in [0.717, 1.165) is 0 Å². The van der Waals surface area contributed by atoms with E-state index in [-0.39, 0.29) is 5.69 Å². The smallest absolute Gasteiger partial charge is 0.330 e. The number of rotatable bonds is 3. The van der Waals surface area contributed by atoms with E-state index in [1.807, 2.05) is 0 Å². The summed E-state index contributed by atoms with van der Waals surface area (Å²) in [5.41, 5.74) is 0.578. The summed E-state index contributed by atoms with van der Waals surface area (Å²) in [6.45, 7) is 4.66. The maximum absolute atomic E-state index is 11.3. The van der Waals surface area contributed by atoms with E-state index in [1.165, 1.54) is 18.7 Å². The maximum atomic E-state index is 11.3. The fourth-order valence-electron chi connectivity index (χ4n) is 1.57. The Balaban J connectivity index is 3.22.